The van der Waals surface area contributed by atoms with Crippen LogP contribution in [0, 0.1) is 11.7 Å². The summed E-state index contributed by atoms with van der Waals surface area (Å²) in [5.41, 5.74) is 0.779. The van der Waals surface area contributed by atoms with Crippen LogP contribution < -0.4 is 5.32 Å². The monoisotopic (exact) mass is 251 g/mol. The second kappa shape index (κ2) is 5.16. The van der Waals surface area contributed by atoms with E-state index in [1.165, 1.54) is 19.2 Å². The zero-order chi connectivity index (χ0) is 13.1. The first kappa shape index (κ1) is 12.5. The van der Waals surface area contributed by atoms with Crippen molar-refractivity contribution in [1.29, 1.82) is 0 Å². The minimum atomic E-state index is -0.853. The number of hydrogen-bond acceptors (Lipinski definition) is 3. The highest BCUT2D eigenvalue weighted by Gasteiger charge is 2.39. The van der Waals surface area contributed by atoms with E-state index in [1.54, 1.807) is 12.1 Å². The largest absolute Gasteiger partial charge is 0.468 e. The van der Waals surface area contributed by atoms with Crippen molar-refractivity contribution in [2.45, 2.75) is 12.3 Å². The number of hydrogen-bond donors (Lipinski definition) is 1. The van der Waals surface area contributed by atoms with Crippen LogP contribution in [-0.4, -0.2) is 25.5 Å². The van der Waals surface area contributed by atoms with Crippen molar-refractivity contribution in [3.63, 3.8) is 0 Å². The molecule has 1 aromatic rings. The van der Waals surface area contributed by atoms with Gasteiger partial charge in [-0.05, 0) is 24.1 Å². The molecular weight excluding hydrogens is 237 g/mol. The van der Waals surface area contributed by atoms with Gasteiger partial charge in [-0.15, -0.1) is 0 Å². The third-order valence-electron chi connectivity index (χ3n) is 3.19. The van der Waals surface area contributed by atoms with Gasteiger partial charge in [0.2, 0.25) is 5.91 Å². The van der Waals surface area contributed by atoms with Gasteiger partial charge in [-0.2, -0.15) is 0 Å². The lowest BCUT2D eigenvalue weighted by molar-refractivity contribution is -0.152. The molecule has 1 fully saturated rings. The average molecular weight is 251 g/mol. The Labute approximate surface area is 104 Å². The molecule has 1 N–H and O–H groups in total. The van der Waals surface area contributed by atoms with Crippen molar-refractivity contribution >= 4 is 11.9 Å². The number of carbonyl (C=O) groups is 2. The van der Waals surface area contributed by atoms with E-state index in [9.17, 15) is 14.0 Å². The zero-order valence-corrected chi connectivity index (χ0v) is 9.98. The number of halogens is 1. The van der Waals surface area contributed by atoms with Crippen LogP contribution in [0.25, 0.3) is 0 Å². The first-order valence-corrected chi connectivity index (χ1v) is 5.74. The lowest BCUT2D eigenvalue weighted by Gasteiger charge is -2.29. The average Bonchev–Trinajstić information content (AvgIpc) is 2.38. The summed E-state index contributed by atoms with van der Waals surface area (Å²) in [5, 5.41) is 2.64. The van der Waals surface area contributed by atoms with E-state index in [0.29, 0.717) is 13.0 Å². The van der Waals surface area contributed by atoms with E-state index < -0.39 is 11.9 Å². The molecular formula is C13H14FNO3. The number of benzene rings is 1. The Bertz CT molecular complexity index is 450. The smallest absolute Gasteiger partial charge is 0.318 e. The highest BCUT2D eigenvalue weighted by molar-refractivity contribution is 5.99. The van der Waals surface area contributed by atoms with Crippen LogP contribution in [0.5, 0.6) is 0 Å². The molecule has 2 rings (SSSR count). The molecule has 96 valence electrons. The van der Waals surface area contributed by atoms with E-state index in [-0.39, 0.29) is 17.6 Å². The third-order valence-corrected chi connectivity index (χ3v) is 3.19. The third kappa shape index (κ3) is 2.34. The number of amides is 1. The molecule has 18 heavy (non-hydrogen) atoms. The summed E-state index contributed by atoms with van der Waals surface area (Å²) in [6.45, 7) is 0.508. The fourth-order valence-electron chi connectivity index (χ4n) is 2.28. The maximum atomic E-state index is 12.9. The molecule has 1 heterocycles. The Hall–Kier alpha value is -1.91. The Balaban J connectivity index is 2.30. The molecule has 4 nitrogen and oxygen atoms in total. The minimum Gasteiger partial charge on any atom is -0.468 e. The Morgan fingerprint density at radius 1 is 1.39 bits per heavy atom. The fourth-order valence-corrected chi connectivity index (χ4v) is 2.28. The Morgan fingerprint density at radius 3 is 2.67 bits per heavy atom. The van der Waals surface area contributed by atoms with Crippen LogP contribution in [0.3, 0.4) is 0 Å². The highest BCUT2D eigenvalue weighted by atomic mass is 19.1. The van der Waals surface area contributed by atoms with Gasteiger partial charge in [-0.25, -0.2) is 4.39 Å². The molecule has 0 spiro atoms. The highest BCUT2D eigenvalue weighted by Crippen LogP contribution is 2.31. The maximum absolute atomic E-state index is 12.9. The second-order valence-corrected chi connectivity index (χ2v) is 4.24. The maximum Gasteiger partial charge on any atom is 0.318 e. The first-order valence-electron chi connectivity index (χ1n) is 5.74. The molecule has 1 aliphatic heterocycles. The number of rotatable bonds is 2. The summed E-state index contributed by atoms with van der Waals surface area (Å²) in [6.07, 6.45) is 0.636. The van der Waals surface area contributed by atoms with Crippen molar-refractivity contribution in [1.82, 2.24) is 5.32 Å². The van der Waals surface area contributed by atoms with Crippen LogP contribution in [0.2, 0.25) is 0 Å². The number of carbonyl (C=O) groups excluding carboxylic acids is 2. The summed E-state index contributed by atoms with van der Waals surface area (Å²) in [5.74, 6) is -2.33. The van der Waals surface area contributed by atoms with Gasteiger partial charge in [0.15, 0.2) is 0 Å². The summed E-state index contributed by atoms with van der Waals surface area (Å²) in [4.78, 5) is 23.4. The predicted molar refractivity (Wildman–Crippen MR) is 62.3 cm³/mol. The van der Waals surface area contributed by atoms with E-state index in [1.807, 2.05) is 0 Å². The topological polar surface area (TPSA) is 55.4 Å². The summed E-state index contributed by atoms with van der Waals surface area (Å²) < 4.78 is 17.5. The van der Waals surface area contributed by atoms with Crippen molar-refractivity contribution in [3.8, 4) is 0 Å². The van der Waals surface area contributed by atoms with Crippen LogP contribution in [0.4, 0.5) is 4.39 Å². The molecule has 0 aromatic heterocycles. The molecule has 1 saturated heterocycles. The lowest BCUT2D eigenvalue weighted by atomic mass is 9.80. The SMILES string of the molecule is COC(=O)C1C(=O)NCCC1c1ccc(F)cc1. The first-order chi connectivity index (χ1) is 8.63. The lowest BCUT2D eigenvalue weighted by Crippen LogP contribution is -2.45. The molecule has 2 unspecified atom stereocenters. The van der Waals surface area contributed by atoms with Crippen molar-refractivity contribution in [2.75, 3.05) is 13.7 Å². The normalized spacial score (nSPS) is 23.3. The Kier molecular flexibility index (Phi) is 3.60. The summed E-state index contributed by atoms with van der Waals surface area (Å²) in [6, 6.07) is 5.87. The number of esters is 1. The van der Waals surface area contributed by atoms with Gasteiger partial charge in [-0.3, -0.25) is 9.59 Å². The predicted octanol–water partition coefficient (Wildman–Crippen LogP) is 1.22. The number of ether oxygens (including phenoxy) is 1. The quantitative estimate of drug-likeness (QED) is 0.635. The van der Waals surface area contributed by atoms with E-state index in [0.717, 1.165) is 5.56 Å². The van der Waals surface area contributed by atoms with Gasteiger partial charge < -0.3 is 10.1 Å². The molecule has 1 aliphatic rings. The molecule has 5 heteroatoms. The van der Waals surface area contributed by atoms with Crippen molar-refractivity contribution in [3.05, 3.63) is 35.6 Å². The van der Waals surface area contributed by atoms with Crippen LogP contribution in [0.15, 0.2) is 24.3 Å². The van der Waals surface area contributed by atoms with Gasteiger partial charge in [0.05, 0.1) is 7.11 Å². The number of nitrogens with one attached hydrogen (secondary N) is 1. The van der Waals surface area contributed by atoms with Crippen molar-refractivity contribution in [2.24, 2.45) is 5.92 Å². The van der Waals surface area contributed by atoms with Gasteiger partial charge in [0.25, 0.3) is 0 Å². The number of piperidine rings is 1. The molecule has 2 atom stereocenters. The second-order valence-electron chi connectivity index (χ2n) is 4.24. The van der Waals surface area contributed by atoms with Gasteiger partial charge in [-0.1, -0.05) is 12.1 Å². The number of methoxy groups -OCH3 is 1. The zero-order valence-electron chi connectivity index (χ0n) is 9.98. The van der Waals surface area contributed by atoms with Gasteiger partial charge >= 0.3 is 5.97 Å². The van der Waals surface area contributed by atoms with Gasteiger partial charge in [0.1, 0.15) is 11.7 Å². The Morgan fingerprint density at radius 2 is 2.06 bits per heavy atom. The van der Waals surface area contributed by atoms with E-state index in [4.69, 9.17) is 0 Å². The summed E-state index contributed by atoms with van der Waals surface area (Å²) >= 11 is 0. The van der Waals surface area contributed by atoms with Crippen molar-refractivity contribution < 1.29 is 18.7 Å². The van der Waals surface area contributed by atoms with E-state index in [2.05, 4.69) is 10.1 Å². The van der Waals surface area contributed by atoms with Crippen LogP contribution >= 0.6 is 0 Å². The molecule has 0 saturated carbocycles. The standard InChI is InChI=1S/C13H14FNO3/c1-18-13(17)11-10(6-7-15-12(11)16)8-2-4-9(14)5-3-8/h2-5,10-11H,6-7H2,1H3,(H,15,16). The van der Waals surface area contributed by atoms with Gasteiger partial charge in [0, 0.05) is 12.5 Å². The molecule has 1 amide bonds. The van der Waals surface area contributed by atoms with E-state index >= 15 is 0 Å². The fraction of sp³-hybridized carbons (Fsp3) is 0.385. The molecule has 0 bridgehead atoms. The molecule has 0 aliphatic carbocycles. The molecule has 1 aromatic carbocycles. The van der Waals surface area contributed by atoms with Crippen LogP contribution in [-0.2, 0) is 14.3 Å². The molecule has 0 radical (unpaired) electrons. The summed E-state index contributed by atoms with van der Waals surface area (Å²) in [7, 11) is 1.26. The minimum absolute atomic E-state index is 0.258. The van der Waals surface area contributed by atoms with Crippen LogP contribution in [0.1, 0.15) is 17.9 Å².